The van der Waals surface area contributed by atoms with Gasteiger partial charge < -0.3 is 25.3 Å². The summed E-state index contributed by atoms with van der Waals surface area (Å²) in [6, 6.07) is 14.4. The summed E-state index contributed by atoms with van der Waals surface area (Å²) in [6.45, 7) is 5.79. The van der Waals surface area contributed by atoms with E-state index in [4.69, 9.17) is 10.5 Å². The number of carbonyl (C=O) groups is 2. The number of aromatic nitrogens is 1. The number of rotatable bonds is 8. The van der Waals surface area contributed by atoms with Gasteiger partial charge in [-0.05, 0) is 60.0 Å². The van der Waals surface area contributed by atoms with Crippen LogP contribution < -0.4 is 15.8 Å². The molecule has 8 heteroatoms. The Morgan fingerprint density at radius 1 is 1.11 bits per heavy atom. The molecule has 0 atom stereocenters. The number of amides is 2. The second kappa shape index (κ2) is 10.7. The average Bonchev–Trinajstić information content (AvgIpc) is 3.31. The van der Waals surface area contributed by atoms with Crippen LogP contribution in [0.3, 0.4) is 0 Å². The maximum atomic E-state index is 11.8. The largest absolute Gasteiger partial charge is 0.496 e. The number of benzene rings is 2. The maximum absolute atomic E-state index is 11.8. The molecule has 3 heterocycles. The summed E-state index contributed by atoms with van der Waals surface area (Å²) in [4.78, 5) is 28.2. The lowest BCUT2D eigenvalue weighted by Gasteiger charge is -2.33. The Morgan fingerprint density at radius 3 is 2.69 bits per heavy atom. The zero-order valence-electron chi connectivity index (χ0n) is 20.9. The summed E-state index contributed by atoms with van der Waals surface area (Å²) < 4.78 is 8.03. The molecular weight excluding hydrogens is 454 g/mol. The highest BCUT2D eigenvalue weighted by molar-refractivity contribution is 5.97. The van der Waals surface area contributed by atoms with Crippen LogP contribution in [0.15, 0.2) is 48.7 Å². The minimum Gasteiger partial charge on any atom is -0.496 e. The van der Waals surface area contributed by atoms with Gasteiger partial charge >= 0.3 is 0 Å². The first-order valence-electron chi connectivity index (χ1n) is 12.8. The number of primary amides is 1. The molecule has 2 fully saturated rings. The zero-order chi connectivity index (χ0) is 25.1. The van der Waals surface area contributed by atoms with E-state index < -0.39 is 5.91 Å². The van der Waals surface area contributed by atoms with Crippen molar-refractivity contribution in [2.45, 2.75) is 31.8 Å². The lowest BCUT2D eigenvalue weighted by Crippen LogP contribution is -2.47. The number of nitrogens with one attached hydrogen (secondary N) is 1. The third kappa shape index (κ3) is 5.24. The van der Waals surface area contributed by atoms with Crippen molar-refractivity contribution in [1.82, 2.24) is 19.7 Å². The number of fused-ring (bicyclic) bond motifs is 1. The molecule has 190 valence electrons. The Kier molecular flexibility index (Phi) is 7.25. The van der Waals surface area contributed by atoms with E-state index in [0.29, 0.717) is 24.7 Å². The highest BCUT2D eigenvalue weighted by Crippen LogP contribution is 2.30. The van der Waals surface area contributed by atoms with Crippen molar-refractivity contribution in [2.75, 3.05) is 46.4 Å². The molecule has 0 unspecified atom stereocenters. The molecule has 2 aromatic carbocycles. The molecule has 0 aliphatic carbocycles. The van der Waals surface area contributed by atoms with Gasteiger partial charge in [0.2, 0.25) is 11.8 Å². The molecule has 8 nitrogen and oxygen atoms in total. The summed E-state index contributed by atoms with van der Waals surface area (Å²) in [5.41, 5.74) is 9.62. The van der Waals surface area contributed by atoms with Gasteiger partial charge in [-0.15, -0.1) is 0 Å². The fraction of sp³-hybridized carbons (Fsp3) is 0.429. The topological polar surface area (TPSA) is 92.8 Å². The second-order valence-electron chi connectivity index (χ2n) is 9.84. The number of piperazine rings is 1. The SMILES string of the molecule is COc1cccc(CN2CCNC(=O)C2)c1CCN1CCC(n2ccc3ccc(C(N)=O)cc32)CC1. The molecule has 3 aromatic rings. The zero-order valence-corrected chi connectivity index (χ0v) is 20.9. The molecule has 2 amide bonds. The normalized spacial score (nSPS) is 17.9. The molecule has 0 saturated carbocycles. The Balaban J connectivity index is 1.22. The minimum absolute atomic E-state index is 0.0925. The van der Waals surface area contributed by atoms with Crippen LogP contribution >= 0.6 is 0 Å². The lowest BCUT2D eigenvalue weighted by molar-refractivity contribution is -0.124. The van der Waals surface area contributed by atoms with Gasteiger partial charge in [-0.3, -0.25) is 14.5 Å². The van der Waals surface area contributed by atoms with Crippen molar-refractivity contribution in [3.05, 3.63) is 65.4 Å². The highest BCUT2D eigenvalue weighted by Gasteiger charge is 2.23. The van der Waals surface area contributed by atoms with Crippen molar-refractivity contribution >= 4 is 22.7 Å². The fourth-order valence-electron chi connectivity index (χ4n) is 5.61. The van der Waals surface area contributed by atoms with Crippen molar-refractivity contribution in [3.8, 4) is 5.75 Å². The molecule has 3 N–H and O–H groups in total. The van der Waals surface area contributed by atoms with Crippen LogP contribution in [-0.2, 0) is 17.8 Å². The van der Waals surface area contributed by atoms with Gasteiger partial charge in [0.25, 0.3) is 0 Å². The molecule has 5 rings (SSSR count). The standard InChI is InChI=1S/C28H35N5O3/c1-36-26-4-2-3-22(18-32-16-11-30-27(34)19-32)24(26)10-14-31-12-8-23(9-13-31)33-15-7-20-5-6-21(28(29)35)17-25(20)33/h2-7,15,17,23H,8-14,16,18-19H2,1H3,(H2,29,35)(H,30,34). The molecule has 2 aliphatic heterocycles. The van der Waals surface area contributed by atoms with E-state index in [2.05, 4.69) is 38.0 Å². The molecule has 0 bridgehead atoms. The van der Waals surface area contributed by atoms with E-state index in [9.17, 15) is 9.59 Å². The number of hydrogen-bond acceptors (Lipinski definition) is 5. The average molecular weight is 490 g/mol. The number of nitrogens with two attached hydrogens (primary N) is 1. The van der Waals surface area contributed by atoms with Crippen molar-refractivity contribution < 1.29 is 14.3 Å². The summed E-state index contributed by atoms with van der Waals surface area (Å²) in [5.74, 6) is 0.626. The lowest BCUT2D eigenvalue weighted by atomic mass is 10.00. The molecular formula is C28H35N5O3. The second-order valence-corrected chi connectivity index (χ2v) is 9.84. The Labute approximate surface area is 212 Å². The monoisotopic (exact) mass is 489 g/mol. The van der Waals surface area contributed by atoms with Gasteiger partial charge in [0.05, 0.1) is 13.7 Å². The highest BCUT2D eigenvalue weighted by atomic mass is 16.5. The first-order chi connectivity index (χ1) is 17.5. The summed E-state index contributed by atoms with van der Waals surface area (Å²) >= 11 is 0. The van der Waals surface area contributed by atoms with Gasteiger partial charge in [0, 0.05) is 62.6 Å². The first kappa shape index (κ1) is 24.3. The third-order valence-electron chi connectivity index (χ3n) is 7.60. The smallest absolute Gasteiger partial charge is 0.248 e. The number of likely N-dealkylation sites (tertiary alicyclic amines) is 1. The van der Waals surface area contributed by atoms with E-state index in [0.717, 1.165) is 68.6 Å². The molecule has 0 spiro atoms. The molecule has 1 aromatic heterocycles. The number of hydrogen-bond donors (Lipinski definition) is 2. The van der Waals surface area contributed by atoms with Crippen molar-refractivity contribution in [1.29, 1.82) is 0 Å². The molecule has 2 aliphatic rings. The van der Waals surface area contributed by atoms with Gasteiger partial charge in [-0.1, -0.05) is 18.2 Å². The van der Waals surface area contributed by atoms with E-state index in [-0.39, 0.29) is 5.91 Å². The van der Waals surface area contributed by atoms with Crippen LogP contribution in [0.4, 0.5) is 0 Å². The maximum Gasteiger partial charge on any atom is 0.248 e. The van der Waals surface area contributed by atoms with E-state index in [1.165, 1.54) is 11.1 Å². The van der Waals surface area contributed by atoms with E-state index >= 15 is 0 Å². The van der Waals surface area contributed by atoms with E-state index in [1.54, 1.807) is 13.2 Å². The fourth-order valence-corrected chi connectivity index (χ4v) is 5.61. The van der Waals surface area contributed by atoms with E-state index in [1.807, 2.05) is 24.3 Å². The van der Waals surface area contributed by atoms with Gasteiger partial charge in [0.1, 0.15) is 5.75 Å². The van der Waals surface area contributed by atoms with Gasteiger partial charge in [-0.2, -0.15) is 0 Å². The predicted molar refractivity (Wildman–Crippen MR) is 140 cm³/mol. The predicted octanol–water partition coefficient (Wildman–Crippen LogP) is 2.56. The molecule has 2 saturated heterocycles. The van der Waals surface area contributed by atoms with Crippen LogP contribution in [0.25, 0.3) is 10.9 Å². The molecule has 0 radical (unpaired) electrons. The Morgan fingerprint density at radius 2 is 1.94 bits per heavy atom. The van der Waals surface area contributed by atoms with Gasteiger partial charge in [0.15, 0.2) is 0 Å². The van der Waals surface area contributed by atoms with Crippen LogP contribution in [-0.4, -0.2) is 72.6 Å². The Hall–Kier alpha value is -3.36. The van der Waals surface area contributed by atoms with Crippen LogP contribution in [0.5, 0.6) is 5.75 Å². The quantitative estimate of drug-likeness (QED) is 0.507. The first-order valence-corrected chi connectivity index (χ1v) is 12.8. The number of carbonyl (C=O) groups excluding carboxylic acids is 2. The Bertz CT molecular complexity index is 1250. The van der Waals surface area contributed by atoms with Gasteiger partial charge in [-0.25, -0.2) is 0 Å². The van der Waals surface area contributed by atoms with Crippen LogP contribution in [0, 0.1) is 0 Å². The molecule has 36 heavy (non-hydrogen) atoms. The van der Waals surface area contributed by atoms with Crippen LogP contribution in [0.2, 0.25) is 0 Å². The number of ether oxygens (including phenoxy) is 1. The third-order valence-corrected chi connectivity index (χ3v) is 7.60. The number of piperidine rings is 1. The van der Waals surface area contributed by atoms with Crippen molar-refractivity contribution in [3.63, 3.8) is 0 Å². The summed E-state index contributed by atoms with van der Waals surface area (Å²) in [6.07, 6.45) is 5.18. The van der Waals surface area contributed by atoms with Crippen molar-refractivity contribution in [2.24, 2.45) is 5.73 Å². The summed E-state index contributed by atoms with van der Waals surface area (Å²) in [7, 11) is 1.73. The minimum atomic E-state index is -0.390. The van der Waals surface area contributed by atoms with Crippen LogP contribution in [0.1, 0.15) is 40.4 Å². The summed E-state index contributed by atoms with van der Waals surface area (Å²) in [5, 5.41) is 4.04. The number of nitrogens with zero attached hydrogens (tertiary/aromatic N) is 3. The number of methoxy groups -OCH3 is 1.